The Kier molecular flexibility index (Phi) is 8.73. The summed E-state index contributed by atoms with van der Waals surface area (Å²) in [7, 11) is -9.07. The van der Waals surface area contributed by atoms with Crippen molar-refractivity contribution in [2.24, 2.45) is 0 Å². The average molecular weight is 434 g/mol. The van der Waals surface area contributed by atoms with Gasteiger partial charge in [-0.1, -0.05) is 24.3 Å². The number of benzene rings is 2. The van der Waals surface area contributed by atoms with Crippen LogP contribution in [-0.4, -0.2) is 81.6 Å². The van der Waals surface area contributed by atoms with E-state index in [0.717, 1.165) is 24.3 Å². The van der Waals surface area contributed by atoms with Gasteiger partial charge in [-0.05, 0) is 24.3 Å². The standard InChI is InChI=1S/2C6H6O4S.Sr/c2*7-5-3-1-2-4-6(5)11(8,9)10;/h2*1-4,7H,(H,8,9,10);/q;;+2/p-2. The molecule has 0 fully saturated rings. The number of aromatic hydroxyl groups is 2. The van der Waals surface area contributed by atoms with Crippen LogP contribution in [0.2, 0.25) is 0 Å². The summed E-state index contributed by atoms with van der Waals surface area (Å²) in [4.78, 5) is -1.17. The Morgan fingerprint density at radius 2 is 0.913 bits per heavy atom. The summed E-state index contributed by atoms with van der Waals surface area (Å²) in [6.07, 6.45) is 0. The molecular formula is C12H10O8S2Sr. The van der Waals surface area contributed by atoms with Gasteiger partial charge in [0.15, 0.2) is 0 Å². The van der Waals surface area contributed by atoms with Crippen molar-refractivity contribution in [3.63, 3.8) is 0 Å². The zero-order valence-electron chi connectivity index (χ0n) is 11.5. The summed E-state index contributed by atoms with van der Waals surface area (Å²) in [5.41, 5.74) is 0. The molecule has 2 N–H and O–H groups in total. The second kappa shape index (κ2) is 8.99. The number of phenols is 2. The van der Waals surface area contributed by atoms with Gasteiger partial charge in [-0.15, -0.1) is 0 Å². The third-order valence-corrected chi connectivity index (χ3v) is 4.04. The minimum atomic E-state index is -4.53. The van der Waals surface area contributed by atoms with Crippen molar-refractivity contribution >= 4 is 65.7 Å². The van der Waals surface area contributed by atoms with Gasteiger partial charge in [0, 0.05) is 0 Å². The van der Waals surface area contributed by atoms with Gasteiger partial charge in [0.1, 0.15) is 31.7 Å². The van der Waals surface area contributed by atoms with Crippen molar-refractivity contribution in [1.29, 1.82) is 0 Å². The molecule has 0 aliphatic carbocycles. The van der Waals surface area contributed by atoms with Crippen molar-refractivity contribution in [3.05, 3.63) is 48.5 Å². The van der Waals surface area contributed by atoms with Crippen LogP contribution >= 0.6 is 0 Å². The van der Waals surface area contributed by atoms with E-state index in [2.05, 4.69) is 0 Å². The van der Waals surface area contributed by atoms with Crippen LogP contribution in [0.3, 0.4) is 0 Å². The molecule has 0 bridgehead atoms. The molecule has 0 saturated heterocycles. The first-order valence-corrected chi connectivity index (χ1v) is 8.33. The van der Waals surface area contributed by atoms with Crippen molar-refractivity contribution in [1.82, 2.24) is 0 Å². The molecule has 0 aliphatic heterocycles. The smallest absolute Gasteiger partial charge is 0.744 e. The van der Waals surface area contributed by atoms with E-state index >= 15 is 0 Å². The monoisotopic (exact) mass is 434 g/mol. The largest absolute Gasteiger partial charge is 2.00 e. The third kappa shape index (κ3) is 7.18. The quantitative estimate of drug-likeness (QED) is 0.503. The van der Waals surface area contributed by atoms with Crippen LogP contribution in [0.5, 0.6) is 11.5 Å². The summed E-state index contributed by atoms with van der Waals surface area (Å²) in [6.45, 7) is 0. The van der Waals surface area contributed by atoms with Gasteiger partial charge < -0.3 is 19.3 Å². The summed E-state index contributed by atoms with van der Waals surface area (Å²) in [5, 5.41) is 17.7. The first-order valence-electron chi connectivity index (χ1n) is 5.51. The van der Waals surface area contributed by atoms with Gasteiger partial charge in [0.2, 0.25) is 0 Å². The Bertz CT molecular complexity index is 789. The fourth-order valence-electron chi connectivity index (χ4n) is 1.34. The van der Waals surface area contributed by atoms with Gasteiger partial charge in [-0.2, -0.15) is 0 Å². The Hall–Kier alpha value is -0.659. The minimum absolute atomic E-state index is 0. The fraction of sp³-hybridized carbons (Fsp3) is 0. The number of phenolic OH excluding ortho intramolecular Hbond substituents is 2. The SMILES string of the molecule is O=S(=O)([O-])c1ccccc1O.O=S(=O)([O-])c1ccccc1O.[Sr+2]. The molecule has 2 aromatic carbocycles. The van der Waals surface area contributed by atoms with E-state index in [0.29, 0.717) is 0 Å². The molecule has 11 heteroatoms. The second-order valence-electron chi connectivity index (χ2n) is 3.84. The van der Waals surface area contributed by atoms with E-state index < -0.39 is 41.5 Å². The predicted molar refractivity (Wildman–Crippen MR) is 77.9 cm³/mol. The molecular weight excluding hydrogens is 424 g/mol. The van der Waals surface area contributed by atoms with Crippen LogP contribution in [-0.2, 0) is 20.2 Å². The molecule has 0 aliphatic rings. The number of para-hydroxylation sites is 2. The molecule has 0 atom stereocenters. The Morgan fingerprint density at radius 3 is 1.09 bits per heavy atom. The first kappa shape index (κ1) is 22.3. The molecule has 0 unspecified atom stereocenters. The Balaban J connectivity index is 0.000000403. The molecule has 0 saturated carbocycles. The maximum absolute atomic E-state index is 10.3. The normalized spacial score (nSPS) is 10.9. The number of rotatable bonds is 2. The van der Waals surface area contributed by atoms with Crippen LogP contribution in [0.15, 0.2) is 58.3 Å². The van der Waals surface area contributed by atoms with E-state index in [-0.39, 0.29) is 45.5 Å². The molecule has 0 amide bonds. The molecule has 120 valence electrons. The number of hydrogen-bond donors (Lipinski definition) is 2. The average Bonchev–Trinajstić information content (AvgIpc) is 2.37. The molecule has 2 rings (SSSR count). The molecule has 2 aromatic rings. The molecule has 0 spiro atoms. The summed E-state index contributed by atoms with van der Waals surface area (Å²) < 4.78 is 62.0. The van der Waals surface area contributed by atoms with Gasteiger partial charge in [0.05, 0.1) is 9.79 Å². The molecule has 0 aromatic heterocycles. The zero-order chi connectivity index (χ0) is 17.0. The van der Waals surface area contributed by atoms with Crippen LogP contribution in [0.1, 0.15) is 0 Å². The predicted octanol–water partition coefficient (Wildman–Crippen LogP) is 0.212. The van der Waals surface area contributed by atoms with E-state index in [1.807, 2.05) is 0 Å². The van der Waals surface area contributed by atoms with Gasteiger partial charge in [-0.25, -0.2) is 16.8 Å². The first-order chi connectivity index (χ1) is 10.0. The topological polar surface area (TPSA) is 155 Å². The minimum Gasteiger partial charge on any atom is -0.744 e. The number of hydrogen-bond acceptors (Lipinski definition) is 8. The summed E-state index contributed by atoms with van der Waals surface area (Å²) in [5.74, 6) is -1.02. The van der Waals surface area contributed by atoms with Crippen LogP contribution in [0, 0.1) is 0 Å². The van der Waals surface area contributed by atoms with Crippen LogP contribution in [0.25, 0.3) is 0 Å². The second-order valence-corrected chi connectivity index (χ2v) is 6.54. The van der Waals surface area contributed by atoms with E-state index in [4.69, 9.17) is 10.2 Å². The van der Waals surface area contributed by atoms with Crippen LogP contribution in [0.4, 0.5) is 0 Å². The summed E-state index contributed by atoms with van der Waals surface area (Å²) in [6, 6.07) is 9.99. The van der Waals surface area contributed by atoms with Crippen molar-refractivity contribution in [2.75, 3.05) is 0 Å². The molecule has 0 heterocycles. The fourth-order valence-corrected chi connectivity index (χ4v) is 2.48. The van der Waals surface area contributed by atoms with Gasteiger partial charge in [-0.3, -0.25) is 0 Å². The van der Waals surface area contributed by atoms with E-state index in [9.17, 15) is 25.9 Å². The maximum atomic E-state index is 10.3. The third-order valence-electron chi connectivity index (χ3n) is 2.27. The Labute approximate surface area is 170 Å². The molecule has 0 radical (unpaired) electrons. The van der Waals surface area contributed by atoms with E-state index in [1.165, 1.54) is 24.3 Å². The van der Waals surface area contributed by atoms with Crippen LogP contribution < -0.4 is 0 Å². The maximum Gasteiger partial charge on any atom is 2.00 e. The van der Waals surface area contributed by atoms with Crippen molar-refractivity contribution < 1.29 is 36.2 Å². The van der Waals surface area contributed by atoms with Crippen molar-refractivity contribution in [3.8, 4) is 11.5 Å². The molecule has 23 heavy (non-hydrogen) atoms. The van der Waals surface area contributed by atoms with E-state index in [1.54, 1.807) is 0 Å². The molecule has 8 nitrogen and oxygen atoms in total. The zero-order valence-corrected chi connectivity index (χ0v) is 16.6. The van der Waals surface area contributed by atoms with Gasteiger partial charge >= 0.3 is 45.5 Å². The van der Waals surface area contributed by atoms with Gasteiger partial charge in [0.25, 0.3) is 0 Å². The summed E-state index contributed by atoms with van der Waals surface area (Å²) >= 11 is 0. The van der Waals surface area contributed by atoms with Crippen molar-refractivity contribution in [2.45, 2.75) is 9.79 Å². The Morgan fingerprint density at radius 1 is 0.652 bits per heavy atom.